The van der Waals surface area contributed by atoms with Crippen molar-refractivity contribution >= 4 is 11.9 Å². The van der Waals surface area contributed by atoms with Gasteiger partial charge >= 0.3 is 11.9 Å². The lowest BCUT2D eigenvalue weighted by atomic mass is 9.91. The van der Waals surface area contributed by atoms with Gasteiger partial charge in [0.1, 0.15) is 0 Å². The van der Waals surface area contributed by atoms with Crippen molar-refractivity contribution in [3.8, 4) is 0 Å². The Morgan fingerprint density at radius 1 is 0.840 bits per heavy atom. The summed E-state index contributed by atoms with van der Waals surface area (Å²) < 4.78 is 10.3. The Morgan fingerprint density at radius 2 is 1.28 bits per heavy atom. The average molecular weight is 359 g/mol. The average Bonchev–Trinajstić information content (AvgIpc) is 2.50. The second-order valence-corrected chi connectivity index (χ2v) is 8.60. The molecule has 0 aliphatic heterocycles. The number of rotatable bonds is 9. The molecule has 0 atom stereocenters. The van der Waals surface area contributed by atoms with Gasteiger partial charge in [-0.05, 0) is 73.1 Å². The summed E-state index contributed by atoms with van der Waals surface area (Å²) in [6.45, 7) is 20.3. The summed E-state index contributed by atoms with van der Waals surface area (Å²) in [5.41, 5.74) is -0.651. The van der Waals surface area contributed by atoms with E-state index in [4.69, 9.17) is 9.47 Å². The first-order chi connectivity index (χ1) is 11.3. The number of hydrogen-bond donors (Lipinski definition) is 0. The van der Waals surface area contributed by atoms with Gasteiger partial charge in [0.2, 0.25) is 0 Å². The second kappa shape index (κ2) is 12.3. The van der Waals surface area contributed by atoms with Crippen LogP contribution in [0.1, 0.15) is 94.9 Å². The van der Waals surface area contributed by atoms with Gasteiger partial charge in [-0.15, -0.1) is 0 Å². The zero-order chi connectivity index (χ0) is 20.3. The summed E-state index contributed by atoms with van der Waals surface area (Å²) in [6.07, 6.45) is 3.74. The van der Waals surface area contributed by atoms with E-state index in [-0.39, 0.29) is 28.9 Å². The standard InChI is InChI=1S/C12H24O2.C9H18O2/c1-6-12(4,5)11(13)14-9-7-8-10(2)3;1-6-9(4,5)8(10)11-7(2)3/h10H,6-9H2,1-5H3;7H,6H2,1-5H3. The van der Waals surface area contributed by atoms with E-state index in [1.165, 1.54) is 0 Å². The third kappa shape index (κ3) is 12.9. The van der Waals surface area contributed by atoms with E-state index < -0.39 is 0 Å². The first-order valence-corrected chi connectivity index (χ1v) is 9.68. The normalized spacial score (nSPS) is 11.8. The first kappa shape index (κ1) is 26.2. The largest absolute Gasteiger partial charge is 0.465 e. The zero-order valence-corrected chi connectivity index (χ0v) is 18.3. The van der Waals surface area contributed by atoms with Gasteiger partial charge < -0.3 is 9.47 Å². The van der Waals surface area contributed by atoms with E-state index in [9.17, 15) is 9.59 Å². The fourth-order valence-corrected chi connectivity index (χ4v) is 1.51. The molecule has 0 bridgehead atoms. The maximum absolute atomic E-state index is 11.5. The van der Waals surface area contributed by atoms with Gasteiger partial charge in [0.15, 0.2) is 0 Å². The van der Waals surface area contributed by atoms with Crippen molar-refractivity contribution in [2.45, 2.75) is 101 Å². The summed E-state index contributed by atoms with van der Waals surface area (Å²) in [7, 11) is 0. The van der Waals surface area contributed by atoms with Gasteiger partial charge in [-0.3, -0.25) is 9.59 Å². The van der Waals surface area contributed by atoms with Gasteiger partial charge in [0.05, 0.1) is 23.5 Å². The molecule has 4 heteroatoms. The Kier molecular flexibility index (Phi) is 12.9. The molecule has 0 aliphatic carbocycles. The van der Waals surface area contributed by atoms with Crippen LogP contribution < -0.4 is 0 Å². The highest BCUT2D eigenvalue weighted by Crippen LogP contribution is 2.22. The van der Waals surface area contributed by atoms with Gasteiger partial charge in [-0.1, -0.05) is 27.7 Å². The molecule has 0 heterocycles. The van der Waals surface area contributed by atoms with Gasteiger partial charge in [-0.25, -0.2) is 0 Å². The molecule has 0 fully saturated rings. The van der Waals surface area contributed by atoms with Crippen LogP contribution in [0.4, 0.5) is 0 Å². The number of esters is 2. The maximum Gasteiger partial charge on any atom is 0.311 e. The maximum atomic E-state index is 11.5. The summed E-state index contributed by atoms with van der Waals surface area (Å²) in [5, 5.41) is 0. The van der Waals surface area contributed by atoms with Crippen LogP contribution >= 0.6 is 0 Å². The van der Waals surface area contributed by atoms with Crippen molar-refractivity contribution in [1.29, 1.82) is 0 Å². The number of carbonyl (C=O) groups excluding carboxylic acids is 2. The fraction of sp³-hybridized carbons (Fsp3) is 0.905. The van der Waals surface area contributed by atoms with Crippen LogP contribution in [-0.2, 0) is 19.1 Å². The third-order valence-electron chi connectivity index (χ3n) is 4.37. The zero-order valence-electron chi connectivity index (χ0n) is 18.3. The number of ether oxygens (including phenoxy) is 2. The van der Waals surface area contributed by atoms with Gasteiger partial charge in [0, 0.05) is 0 Å². The van der Waals surface area contributed by atoms with Crippen LogP contribution in [0.15, 0.2) is 0 Å². The molecule has 0 amide bonds. The molecule has 0 unspecified atom stereocenters. The van der Waals surface area contributed by atoms with E-state index >= 15 is 0 Å². The van der Waals surface area contributed by atoms with Crippen LogP contribution in [0.3, 0.4) is 0 Å². The predicted molar refractivity (Wildman–Crippen MR) is 104 cm³/mol. The predicted octanol–water partition coefficient (Wildman–Crippen LogP) is 5.78. The topological polar surface area (TPSA) is 52.6 Å². The van der Waals surface area contributed by atoms with Gasteiger partial charge in [-0.2, -0.15) is 0 Å². The molecular weight excluding hydrogens is 316 g/mol. The van der Waals surface area contributed by atoms with E-state index in [0.29, 0.717) is 12.5 Å². The molecule has 0 aromatic rings. The number of hydrogen-bond acceptors (Lipinski definition) is 4. The molecule has 0 aromatic carbocycles. The Morgan fingerprint density at radius 3 is 1.64 bits per heavy atom. The summed E-state index contributed by atoms with van der Waals surface area (Å²) in [6, 6.07) is 0. The Labute approximate surface area is 156 Å². The third-order valence-corrected chi connectivity index (χ3v) is 4.37. The van der Waals surface area contributed by atoms with Crippen LogP contribution in [0.25, 0.3) is 0 Å². The molecule has 0 spiro atoms. The lowest BCUT2D eigenvalue weighted by molar-refractivity contribution is -0.158. The highest BCUT2D eigenvalue weighted by atomic mass is 16.5. The van der Waals surface area contributed by atoms with Crippen molar-refractivity contribution < 1.29 is 19.1 Å². The molecule has 0 radical (unpaired) electrons. The molecule has 25 heavy (non-hydrogen) atoms. The molecule has 150 valence electrons. The van der Waals surface area contributed by atoms with Crippen molar-refractivity contribution in [3.05, 3.63) is 0 Å². The van der Waals surface area contributed by atoms with E-state index in [2.05, 4.69) is 13.8 Å². The van der Waals surface area contributed by atoms with Crippen molar-refractivity contribution in [1.82, 2.24) is 0 Å². The summed E-state index contributed by atoms with van der Waals surface area (Å²) in [4.78, 5) is 22.8. The van der Waals surface area contributed by atoms with Crippen LogP contribution in [-0.4, -0.2) is 24.6 Å². The smallest absolute Gasteiger partial charge is 0.311 e. The second-order valence-electron chi connectivity index (χ2n) is 8.60. The molecule has 0 N–H and O–H groups in total. The molecule has 0 saturated heterocycles. The molecule has 0 aliphatic rings. The Hall–Kier alpha value is -1.06. The van der Waals surface area contributed by atoms with Crippen molar-refractivity contribution in [3.63, 3.8) is 0 Å². The minimum atomic E-state index is -0.329. The lowest BCUT2D eigenvalue weighted by Gasteiger charge is -2.21. The lowest BCUT2D eigenvalue weighted by Crippen LogP contribution is -2.28. The van der Waals surface area contributed by atoms with Gasteiger partial charge in [0.25, 0.3) is 0 Å². The van der Waals surface area contributed by atoms with Crippen LogP contribution in [0.5, 0.6) is 0 Å². The molecule has 0 rings (SSSR count). The van der Waals surface area contributed by atoms with E-state index in [0.717, 1.165) is 25.7 Å². The molecular formula is C21H42O4. The highest BCUT2D eigenvalue weighted by molar-refractivity contribution is 5.76. The molecule has 4 nitrogen and oxygen atoms in total. The quantitative estimate of drug-likeness (QED) is 0.387. The SMILES string of the molecule is CCC(C)(C)C(=O)OC(C)C.CCC(C)(C)C(=O)OCCCC(C)C. The van der Waals surface area contributed by atoms with Crippen LogP contribution in [0, 0.1) is 16.7 Å². The summed E-state index contributed by atoms with van der Waals surface area (Å²) in [5.74, 6) is 0.520. The number of carbonyl (C=O) groups is 2. The van der Waals surface area contributed by atoms with Crippen molar-refractivity contribution in [2.24, 2.45) is 16.7 Å². The van der Waals surface area contributed by atoms with E-state index in [1.54, 1.807) is 0 Å². The highest BCUT2D eigenvalue weighted by Gasteiger charge is 2.27. The molecule has 0 aromatic heterocycles. The molecule has 0 saturated carbocycles. The van der Waals surface area contributed by atoms with Crippen LogP contribution in [0.2, 0.25) is 0 Å². The summed E-state index contributed by atoms with van der Waals surface area (Å²) >= 11 is 0. The minimum absolute atomic E-state index is 0.00618. The van der Waals surface area contributed by atoms with Crippen molar-refractivity contribution in [2.75, 3.05) is 6.61 Å². The Bertz CT molecular complexity index is 381. The van der Waals surface area contributed by atoms with E-state index in [1.807, 2.05) is 55.4 Å². The monoisotopic (exact) mass is 358 g/mol. The first-order valence-electron chi connectivity index (χ1n) is 9.68. The minimum Gasteiger partial charge on any atom is -0.465 e. The Balaban J connectivity index is 0. The fourth-order valence-electron chi connectivity index (χ4n) is 1.51.